The lowest BCUT2D eigenvalue weighted by molar-refractivity contribution is 0.331. The van der Waals surface area contributed by atoms with Gasteiger partial charge in [-0.15, -0.1) is 0 Å². The Morgan fingerprint density at radius 2 is 0.708 bits per heavy atom. The van der Waals surface area contributed by atoms with Crippen molar-refractivity contribution < 1.29 is 0 Å². The van der Waals surface area contributed by atoms with Gasteiger partial charge in [-0.25, -0.2) is 0 Å². The molecule has 0 aliphatic carbocycles. The molecule has 0 radical (unpaired) electrons. The van der Waals surface area contributed by atoms with E-state index in [9.17, 15) is 0 Å². The molecule has 0 aliphatic heterocycles. The van der Waals surface area contributed by atoms with E-state index in [-0.39, 0.29) is 0 Å². The van der Waals surface area contributed by atoms with Gasteiger partial charge in [-0.2, -0.15) is 0 Å². The van der Waals surface area contributed by atoms with E-state index in [1.54, 1.807) is 0 Å². The van der Waals surface area contributed by atoms with Crippen LogP contribution in [-0.2, 0) is 0 Å². The first-order valence-corrected chi connectivity index (χ1v) is 11.1. The summed E-state index contributed by atoms with van der Waals surface area (Å²) in [5.41, 5.74) is 0. The lowest BCUT2D eigenvalue weighted by Crippen LogP contribution is -2.07. The Morgan fingerprint density at radius 3 is 0.792 bits per heavy atom. The maximum Gasteiger partial charge on any atom is -0.0391 e. The molecule has 0 heterocycles. The molecule has 0 atom stereocenters. The summed E-state index contributed by atoms with van der Waals surface area (Å²) in [4.78, 5) is 0. The van der Waals surface area contributed by atoms with Crippen molar-refractivity contribution in [3.63, 3.8) is 0 Å². The first-order valence-electron chi connectivity index (χ1n) is 11.1. The maximum atomic E-state index is 2.34. The van der Waals surface area contributed by atoms with E-state index in [0.717, 1.165) is 35.5 Å². The van der Waals surface area contributed by atoms with Crippen molar-refractivity contribution in [2.45, 2.75) is 122 Å². The molecule has 0 rings (SSSR count). The molecule has 24 heavy (non-hydrogen) atoms. The third-order valence-electron chi connectivity index (χ3n) is 5.59. The van der Waals surface area contributed by atoms with Gasteiger partial charge in [0.25, 0.3) is 0 Å². The van der Waals surface area contributed by atoms with Crippen molar-refractivity contribution in [3.05, 3.63) is 0 Å². The van der Waals surface area contributed by atoms with Crippen molar-refractivity contribution in [1.82, 2.24) is 0 Å². The van der Waals surface area contributed by atoms with E-state index in [1.165, 1.54) is 38.5 Å². The monoisotopic (exact) mass is 342 g/mol. The molecule has 0 aromatic rings. The van der Waals surface area contributed by atoms with Crippen LogP contribution in [0.3, 0.4) is 0 Å². The molecule has 0 fully saturated rings. The van der Waals surface area contributed by atoms with E-state index in [4.69, 9.17) is 0 Å². The minimum Gasteiger partial charge on any atom is -0.0654 e. The lowest BCUT2D eigenvalue weighted by atomic mass is 9.88. The lowest BCUT2D eigenvalue weighted by Gasteiger charge is -2.18. The predicted octanol–water partition coefficient (Wildman–Crippen LogP) is 9.24. The molecule has 0 nitrogen and oxygen atoms in total. The number of hydrogen-bond acceptors (Lipinski definition) is 0. The van der Waals surface area contributed by atoms with Crippen LogP contribution >= 0.6 is 0 Å². The molecule has 0 amide bonds. The van der Waals surface area contributed by atoms with Crippen LogP contribution in [-0.4, -0.2) is 0 Å². The van der Waals surface area contributed by atoms with Crippen LogP contribution in [0.1, 0.15) is 122 Å². The summed E-state index contributed by atoms with van der Waals surface area (Å²) >= 11 is 0. The van der Waals surface area contributed by atoms with Crippen molar-refractivity contribution in [2.75, 3.05) is 0 Å². The molecule has 0 spiro atoms. The van der Waals surface area contributed by atoms with Gasteiger partial charge in [-0.05, 0) is 35.5 Å². The first-order chi connectivity index (χ1) is 11.1. The second-order valence-electron chi connectivity index (χ2n) is 8.89. The van der Waals surface area contributed by atoms with Crippen LogP contribution < -0.4 is 0 Å². The van der Waals surface area contributed by atoms with E-state index in [1.807, 2.05) is 0 Å². The first kappa shape index (κ1) is 28.8. The highest BCUT2D eigenvalue weighted by molar-refractivity contribution is 4.61. The zero-order valence-electron chi connectivity index (χ0n) is 19.7. The van der Waals surface area contributed by atoms with Crippen LogP contribution in [0.2, 0.25) is 0 Å². The summed E-state index contributed by atoms with van der Waals surface area (Å²) < 4.78 is 0. The highest BCUT2D eigenvalue weighted by Gasteiger charge is 2.09. The van der Waals surface area contributed by atoms with E-state index in [2.05, 4.69) is 83.1 Å². The average Bonchev–Trinajstić information content (AvgIpc) is 2.49. The Balaban J connectivity index is -0.000000285. The molecular weight excluding hydrogens is 288 g/mol. The average molecular weight is 343 g/mol. The smallest absolute Gasteiger partial charge is 0.0391 e. The van der Waals surface area contributed by atoms with Gasteiger partial charge in [0.2, 0.25) is 0 Å². The van der Waals surface area contributed by atoms with Crippen LogP contribution in [0.4, 0.5) is 0 Å². The zero-order chi connectivity index (χ0) is 19.7. The van der Waals surface area contributed by atoms with Crippen molar-refractivity contribution in [1.29, 1.82) is 0 Å². The van der Waals surface area contributed by atoms with Crippen molar-refractivity contribution in [2.24, 2.45) is 35.5 Å². The standard InChI is InChI=1S/C10H22.C8H18.C6H14/c1-5-7-10(8-6-2)9(3)4;1-5-8(6-2)7(3)4;1-5(2)6(3)4/h9-10H,5-8H2,1-4H3;7-8H,5-6H2,1-4H3;5-6H,1-4H3. The fourth-order valence-corrected chi connectivity index (χ4v) is 2.78. The third-order valence-corrected chi connectivity index (χ3v) is 5.59. The Bertz CT molecular complexity index is 196. The molecular formula is C24H54. The van der Waals surface area contributed by atoms with Gasteiger partial charge in [0, 0.05) is 0 Å². The fraction of sp³-hybridized carbons (Fsp3) is 1.00. The minimum absolute atomic E-state index is 0.852. The summed E-state index contributed by atoms with van der Waals surface area (Å²) in [6.07, 6.45) is 8.23. The molecule has 0 aromatic carbocycles. The summed E-state index contributed by atoms with van der Waals surface area (Å²) in [5.74, 6) is 5.41. The third kappa shape index (κ3) is 20.0. The van der Waals surface area contributed by atoms with Gasteiger partial charge in [-0.3, -0.25) is 0 Å². The molecule has 0 aromatic heterocycles. The van der Waals surface area contributed by atoms with Gasteiger partial charge in [-0.1, -0.05) is 122 Å². The van der Waals surface area contributed by atoms with Crippen molar-refractivity contribution >= 4 is 0 Å². The van der Waals surface area contributed by atoms with Gasteiger partial charge in [0.1, 0.15) is 0 Å². The quantitative estimate of drug-likeness (QED) is 0.391. The Hall–Kier alpha value is 0. The Morgan fingerprint density at radius 1 is 0.417 bits per heavy atom. The highest BCUT2D eigenvalue weighted by Crippen LogP contribution is 2.21. The van der Waals surface area contributed by atoms with E-state index in [0.29, 0.717) is 0 Å². The summed E-state index contributed by atoms with van der Waals surface area (Å²) in [6, 6.07) is 0. The summed E-state index contributed by atoms with van der Waals surface area (Å²) in [5, 5.41) is 0. The summed E-state index contributed by atoms with van der Waals surface area (Å²) in [6.45, 7) is 27.4. The molecule has 0 bridgehead atoms. The molecule has 0 aliphatic rings. The van der Waals surface area contributed by atoms with Gasteiger partial charge in [0.05, 0.1) is 0 Å². The molecule has 0 unspecified atom stereocenters. The molecule has 0 saturated heterocycles. The van der Waals surface area contributed by atoms with Crippen LogP contribution in [0, 0.1) is 35.5 Å². The number of hydrogen-bond donors (Lipinski definition) is 0. The molecule has 0 N–H and O–H groups in total. The van der Waals surface area contributed by atoms with Crippen LogP contribution in [0.25, 0.3) is 0 Å². The molecule has 150 valence electrons. The minimum atomic E-state index is 0.852. The zero-order valence-corrected chi connectivity index (χ0v) is 19.7. The number of rotatable bonds is 9. The fourth-order valence-electron chi connectivity index (χ4n) is 2.78. The SMILES string of the molecule is CC(C)C(C)C.CCC(CC)C(C)C.CCCC(CCC)C(C)C. The Labute approximate surface area is 157 Å². The van der Waals surface area contributed by atoms with Crippen LogP contribution in [0.15, 0.2) is 0 Å². The largest absolute Gasteiger partial charge is 0.0654 e. The van der Waals surface area contributed by atoms with Crippen LogP contribution in [0.5, 0.6) is 0 Å². The molecule has 0 heteroatoms. The topological polar surface area (TPSA) is 0 Å². The highest BCUT2D eigenvalue weighted by atomic mass is 14.2. The van der Waals surface area contributed by atoms with Gasteiger partial charge in [0.15, 0.2) is 0 Å². The second-order valence-corrected chi connectivity index (χ2v) is 8.89. The van der Waals surface area contributed by atoms with E-state index >= 15 is 0 Å². The van der Waals surface area contributed by atoms with E-state index < -0.39 is 0 Å². The molecule has 0 saturated carbocycles. The predicted molar refractivity (Wildman–Crippen MR) is 117 cm³/mol. The van der Waals surface area contributed by atoms with Gasteiger partial charge < -0.3 is 0 Å². The maximum absolute atomic E-state index is 2.34. The second kappa shape index (κ2) is 19.3. The Kier molecular flexibility index (Phi) is 23.2. The van der Waals surface area contributed by atoms with Crippen molar-refractivity contribution in [3.8, 4) is 0 Å². The van der Waals surface area contributed by atoms with Gasteiger partial charge >= 0.3 is 0 Å². The summed E-state index contributed by atoms with van der Waals surface area (Å²) in [7, 11) is 0. The normalized spacial score (nSPS) is 11.2.